The highest BCUT2D eigenvalue weighted by Crippen LogP contribution is 2.22. The third-order valence-corrected chi connectivity index (χ3v) is 3.06. The molecule has 1 amide bonds. The number of amides is 1. The Kier molecular flexibility index (Phi) is 3.66. The fraction of sp³-hybridized carbons (Fsp3) is 0.500. The Morgan fingerprint density at radius 1 is 1.56 bits per heavy atom. The van der Waals surface area contributed by atoms with E-state index >= 15 is 0 Å². The zero-order valence-electron chi connectivity index (χ0n) is 10.2. The summed E-state index contributed by atoms with van der Waals surface area (Å²) >= 11 is 0. The number of nitrogens with two attached hydrogens (primary N) is 1. The van der Waals surface area contributed by atoms with Crippen LogP contribution in [0, 0.1) is 0 Å². The zero-order valence-corrected chi connectivity index (χ0v) is 10.2. The normalized spacial score (nSPS) is 19.0. The molecule has 1 aliphatic rings. The molecule has 0 spiro atoms. The minimum atomic E-state index is -0.506. The van der Waals surface area contributed by atoms with Crippen LogP contribution in [0.25, 0.3) is 0 Å². The van der Waals surface area contributed by atoms with Crippen molar-refractivity contribution in [2.75, 3.05) is 13.7 Å². The van der Waals surface area contributed by atoms with Crippen molar-refractivity contribution < 1.29 is 18.7 Å². The summed E-state index contributed by atoms with van der Waals surface area (Å²) in [6.07, 6.45) is 1.42. The quantitative estimate of drug-likeness (QED) is 0.792. The lowest BCUT2D eigenvalue weighted by atomic mass is 10.2. The van der Waals surface area contributed by atoms with E-state index in [1.54, 1.807) is 12.1 Å². The largest absolute Gasteiger partial charge is 0.467 e. The molecule has 2 rings (SSSR count). The molecule has 1 fully saturated rings. The number of hydrogen-bond donors (Lipinski definition) is 1. The van der Waals surface area contributed by atoms with Crippen LogP contribution in [0.2, 0.25) is 0 Å². The summed E-state index contributed by atoms with van der Waals surface area (Å²) in [5.41, 5.74) is 5.42. The summed E-state index contributed by atoms with van der Waals surface area (Å²) < 4.78 is 9.99. The Morgan fingerprint density at radius 2 is 2.33 bits per heavy atom. The molecule has 1 aromatic rings. The van der Waals surface area contributed by atoms with Gasteiger partial charge in [0.2, 0.25) is 0 Å². The number of rotatable bonds is 3. The Morgan fingerprint density at radius 3 is 2.94 bits per heavy atom. The summed E-state index contributed by atoms with van der Waals surface area (Å²) in [7, 11) is 1.32. The number of carbonyl (C=O) groups excluding carboxylic acids is 2. The van der Waals surface area contributed by atoms with Gasteiger partial charge in [0.15, 0.2) is 5.76 Å². The van der Waals surface area contributed by atoms with Gasteiger partial charge in [0, 0.05) is 6.54 Å². The highest BCUT2D eigenvalue weighted by Gasteiger charge is 2.36. The first kappa shape index (κ1) is 12.6. The number of ether oxygens (including phenoxy) is 1. The monoisotopic (exact) mass is 252 g/mol. The summed E-state index contributed by atoms with van der Waals surface area (Å²) in [5.74, 6) is 0.0903. The number of furan rings is 1. The molecule has 18 heavy (non-hydrogen) atoms. The molecule has 2 heterocycles. The third-order valence-electron chi connectivity index (χ3n) is 3.06. The summed E-state index contributed by atoms with van der Waals surface area (Å²) in [4.78, 5) is 25.2. The second kappa shape index (κ2) is 5.22. The Bertz CT molecular complexity index is 455. The average Bonchev–Trinajstić information content (AvgIpc) is 3.05. The van der Waals surface area contributed by atoms with Crippen LogP contribution in [0.4, 0.5) is 0 Å². The van der Waals surface area contributed by atoms with Gasteiger partial charge in [0.05, 0.1) is 13.7 Å². The van der Waals surface area contributed by atoms with Gasteiger partial charge in [0.1, 0.15) is 11.8 Å². The molecule has 1 saturated heterocycles. The van der Waals surface area contributed by atoms with Crippen LogP contribution in [0.1, 0.15) is 29.2 Å². The van der Waals surface area contributed by atoms with Crippen molar-refractivity contribution in [2.24, 2.45) is 5.73 Å². The van der Waals surface area contributed by atoms with Crippen LogP contribution in [0.15, 0.2) is 16.5 Å². The highest BCUT2D eigenvalue weighted by atomic mass is 16.5. The molecule has 1 aliphatic heterocycles. The van der Waals surface area contributed by atoms with Crippen LogP contribution < -0.4 is 5.73 Å². The first-order chi connectivity index (χ1) is 8.67. The maximum Gasteiger partial charge on any atom is 0.328 e. The van der Waals surface area contributed by atoms with Crippen molar-refractivity contribution in [3.05, 3.63) is 23.7 Å². The lowest BCUT2D eigenvalue weighted by molar-refractivity contribution is -0.145. The lowest BCUT2D eigenvalue weighted by Gasteiger charge is -2.21. The predicted molar refractivity (Wildman–Crippen MR) is 62.7 cm³/mol. The van der Waals surface area contributed by atoms with Gasteiger partial charge >= 0.3 is 5.97 Å². The molecule has 0 radical (unpaired) electrons. The maximum atomic E-state index is 12.2. The van der Waals surface area contributed by atoms with E-state index in [1.165, 1.54) is 12.0 Å². The molecule has 6 heteroatoms. The van der Waals surface area contributed by atoms with Crippen LogP contribution in [0.5, 0.6) is 0 Å². The zero-order chi connectivity index (χ0) is 13.1. The van der Waals surface area contributed by atoms with Crippen molar-refractivity contribution in [2.45, 2.75) is 25.4 Å². The number of methoxy groups -OCH3 is 1. The van der Waals surface area contributed by atoms with Gasteiger partial charge in [-0.2, -0.15) is 0 Å². The van der Waals surface area contributed by atoms with E-state index in [9.17, 15) is 9.59 Å². The molecule has 98 valence electrons. The van der Waals surface area contributed by atoms with Crippen molar-refractivity contribution in [3.8, 4) is 0 Å². The van der Waals surface area contributed by atoms with E-state index in [0.29, 0.717) is 18.7 Å². The standard InChI is InChI=1S/C12H16N2O4/c1-17-12(16)9-3-2-6-14(9)11(15)10-5-4-8(7-13)18-10/h4-5,9H,2-3,6-7,13H2,1H3. The first-order valence-corrected chi connectivity index (χ1v) is 5.85. The van der Waals surface area contributed by atoms with Crippen LogP contribution in [0.3, 0.4) is 0 Å². The number of likely N-dealkylation sites (tertiary alicyclic amines) is 1. The van der Waals surface area contributed by atoms with Gasteiger partial charge in [-0.1, -0.05) is 0 Å². The van der Waals surface area contributed by atoms with Crippen LogP contribution in [-0.4, -0.2) is 36.5 Å². The molecule has 0 bridgehead atoms. The highest BCUT2D eigenvalue weighted by molar-refractivity contribution is 5.95. The van der Waals surface area contributed by atoms with E-state index in [1.807, 2.05) is 0 Å². The lowest BCUT2D eigenvalue weighted by Crippen LogP contribution is -2.40. The summed E-state index contributed by atoms with van der Waals surface area (Å²) in [5, 5.41) is 0. The number of nitrogens with zero attached hydrogens (tertiary/aromatic N) is 1. The Labute approximate surface area is 105 Å². The second-order valence-electron chi connectivity index (χ2n) is 4.15. The summed E-state index contributed by atoms with van der Waals surface area (Å²) in [6, 6.07) is 2.74. The van der Waals surface area contributed by atoms with Gasteiger partial charge in [-0.05, 0) is 25.0 Å². The van der Waals surface area contributed by atoms with E-state index in [0.717, 1.165) is 6.42 Å². The van der Waals surface area contributed by atoms with E-state index < -0.39 is 6.04 Å². The molecule has 1 unspecified atom stereocenters. The van der Waals surface area contributed by atoms with Crippen molar-refractivity contribution in [1.29, 1.82) is 0 Å². The molecule has 0 saturated carbocycles. The van der Waals surface area contributed by atoms with Gasteiger partial charge in [0.25, 0.3) is 5.91 Å². The molecule has 6 nitrogen and oxygen atoms in total. The smallest absolute Gasteiger partial charge is 0.328 e. The molecule has 2 N–H and O–H groups in total. The van der Waals surface area contributed by atoms with Crippen molar-refractivity contribution in [3.63, 3.8) is 0 Å². The second-order valence-corrected chi connectivity index (χ2v) is 4.15. The van der Waals surface area contributed by atoms with Gasteiger partial charge in [-0.25, -0.2) is 4.79 Å². The van der Waals surface area contributed by atoms with Gasteiger partial charge in [-0.15, -0.1) is 0 Å². The molecular weight excluding hydrogens is 236 g/mol. The number of hydrogen-bond acceptors (Lipinski definition) is 5. The molecule has 0 aromatic carbocycles. The van der Waals surface area contributed by atoms with E-state index in [-0.39, 0.29) is 24.2 Å². The van der Waals surface area contributed by atoms with Gasteiger partial charge in [-0.3, -0.25) is 4.79 Å². The number of carbonyl (C=O) groups is 2. The summed E-state index contributed by atoms with van der Waals surface area (Å²) in [6.45, 7) is 0.783. The molecular formula is C12H16N2O4. The van der Waals surface area contributed by atoms with Crippen LogP contribution in [-0.2, 0) is 16.1 Å². The Hall–Kier alpha value is -1.82. The Balaban J connectivity index is 2.15. The fourth-order valence-corrected chi connectivity index (χ4v) is 2.13. The topological polar surface area (TPSA) is 85.8 Å². The molecule has 1 aromatic heterocycles. The van der Waals surface area contributed by atoms with Gasteiger partial charge < -0.3 is 19.8 Å². The maximum absolute atomic E-state index is 12.2. The molecule has 0 aliphatic carbocycles. The third kappa shape index (κ3) is 2.24. The minimum absolute atomic E-state index is 0.214. The SMILES string of the molecule is COC(=O)C1CCCN1C(=O)c1ccc(CN)o1. The predicted octanol–water partition coefficient (Wildman–Crippen LogP) is 0.516. The average molecular weight is 252 g/mol. The van der Waals surface area contributed by atoms with E-state index in [4.69, 9.17) is 14.9 Å². The van der Waals surface area contributed by atoms with Crippen molar-refractivity contribution >= 4 is 11.9 Å². The minimum Gasteiger partial charge on any atom is -0.467 e. The van der Waals surface area contributed by atoms with E-state index in [2.05, 4.69) is 0 Å². The fourth-order valence-electron chi connectivity index (χ4n) is 2.13. The van der Waals surface area contributed by atoms with Crippen LogP contribution >= 0.6 is 0 Å². The first-order valence-electron chi connectivity index (χ1n) is 5.85. The molecule has 1 atom stereocenters. The number of esters is 1. The van der Waals surface area contributed by atoms with Crippen molar-refractivity contribution in [1.82, 2.24) is 4.90 Å².